The standard InChI is InChI=1S/C11H7N3O3S/c15-9(7-3-1-5-16-7)12-11-14-13-10(18-11)8-4-2-6-17-8/h1-6H,(H,12,14,15). The zero-order valence-corrected chi connectivity index (χ0v) is 9.81. The van der Waals surface area contributed by atoms with Crippen LogP contribution >= 0.6 is 11.3 Å². The number of nitrogens with zero attached hydrogens (tertiary/aromatic N) is 2. The Morgan fingerprint density at radius 1 is 1.17 bits per heavy atom. The molecular weight excluding hydrogens is 254 g/mol. The molecule has 0 aromatic carbocycles. The molecule has 90 valence electrons. The fourth-order valence-electron chi connectivity index (χ4n) is 1.34. The van der Waals surface area contributed by atoms with E-state index in [0.717, 1.165) is 0 Å². The molecule has 0 aliphatic heterocycles. The van der Waals surface area contributed by atoms with Gasteiger partial charge in [-0.1, -0.05) is 11.3 Å². The number of hydrogen-bond acceptors (Lipinski definition) is 6. The molecule has 1 N–H and O–H groups in total. The summed E-state index contributed by atoms with van der Waals surface area (Å²) in [5.41, 5.74) is 0. The minimum absolute atomic E-state index is 0.227. The van der Waals surface area contributed by atoms with E-state index in [1.165, 1.54) is 17.6 Å². The molecule has 0 saturated carbocycles. The van der Waals surface area contributed by atoms with E-state index in [-0.39, 0.29) is 11.7 Å². The molecule has 0 aliphatic rings. The van der Waals surface area contributed by atoms with E-state index in [2.05, 4.69) is 15.5 Å². The number of rotatable bonds is 3. The van der Waals surface area contributed by atoms with Crippen LogP contribution in [-0.2, 0) is 0 Å². The van der Waals surface area contributed by atoms with Crippen molar-refractivity contribution in [1.82, 2.24) is 10.2 Å². The Labute approximate surface area is 105 Å². The van der Waals surface area contributed by atoms with Crippen LogP contribution in [0.3, 0.4) is 0 Å². The molecule has 18 heavy (non-hydrogen) atoms. The highest BCUT2D eigenvalue weighted by molar-refractivity contribution is 7.18. The third-order valence-electron chi connectivity index (χ3n) is 2.12. The lowest BCUT2D eigenvalue weighted by atomic mass is 10.4. The van der Waals surface area contributed by atoms with Crippen LogP contribution in [-0.4, -0.2) is 16.1 Å². The van der Waals surface area contributed by atoms with Crippen molar-refractivity contribution < 1.29 is 13.6 Å². The SMILES string of the molecule is O=C(Nc1nnc(-c2ccco2)s1)c1ccco1. The van der Waals surface area contributed by atoms with Crippen LogP contribution in [0.5, 0.6) is 0 Å². The molecule has 3 rings (SSSR count). The Balaban J connectivity index is 1.76. The van der Waals surface area contributed by atoms with Crippen LogP contribution in [0.25, 0.3) is 10.8 Å². The number of carbonyl (C=O) groups excluding carboxylic acids is 1. The normalized spacial score (nSPS) is 10.4. The monoisotopic (exact) mass is 261 g/mol. The maximum absolute atomic E-state index is 11.7. The topological polar surface area (TPSA) is 81.2 Å². The van der Waals surface area contributed by atoms with Crippen LogP contribution < -0.4 is 5.32 Å². The third-order valence-corrected chi connectivity index (χ3v) is 2.98. The summed E-state index contributed by atoms with van der Waals surface area (Å²) in [6.45, 7) is 0. The molecule has 0 atom stereocenters. The fourth-order valence-corrected chi connectivity index (χ4v) is 2.05. The molecule has 7 heteroatoms. The van der Waals surface area contributed by atoms with Crippen molar-refractivity contribution in [3.63, 3.8) is 0 Å². The summed E-state index contributed by atoms with van der Waals surface area (Å²) in [5.74, 6) is 0.484. The van der Waals surface area contributed by atoms with Crippen LogP contribution in [0, 0.1) is 0 Å². The van der Waals surface area contributed by atoms with Crippen LogP contribution in [0.2, 0.25) is 0 Å². The van der Waals surface area contributed by atoms with Crippen LogP contribution in [0.1, 0.15) is 10.6 Å². The highest BCUT2D eigenvalue weighted by Gasteiger charge is 2.13. The molecule has 3 aromatic heterocycles. The van der Waals surface area contributed by atoms with Crippen LogP contribution in [0.15, 0.2) is 45.6 Å². The van der Waals surface area contributed by atoms with E-state index >= 15 is 0 Å². The minimum atomic E-state index is -0.359. The van der Waals surface area contributed by atoms with Gasteiger partial charge in [0.1, 0.15) is 0 Å². The second-order valence-corrected chi connectivity index (χ2v) is 4.30. The van der Waals surface area contributed by atoms with Gasteiger partial charge in [-0.2, -0.15) is 0 Å². The zero-order chi connectivity index (χ0) is 12.4. The summed E-state index contributed by atoms with van der Waals surface area (Å²) in [6, 6.07) is 6.75. The van der Waals surface area contributed by atoms with E-state index < -0.39 is 0 Å². The Bertz CT molecular complexity index is 643. The van der Waals surface area contributed by atoms with Gasteiger partial charge >= 0.3 is 0 Å². The first-order valence-electron chi connectivity index (χ1n) is 5.05. The summed E-state index contributed by atoms with van der Waals surface area (Å²) in [4.78, 5) is 11.7. The number of nitrogens with one attached hydrogen (secondary N) is 1. The van der Waals surface area contributed by atoms with Gasteiger partial charge in [0, 0.05) is 0 Å². The van der Waals surface area contributed by atoms with Crippen molar-refractivity contribution >= 4 is 22.4 Å². The molecule has 6 nitrogen and oxygen atoms in total. The number of carbonyl (C=O) groups is 1. The average Bonchev–Trinajstić information content (AvgIpc) is 3.12. The lowest BCUT2D eigenvalue weighted by Gasteiger charge is -1.95. The summed E-state index contributed by atoms with van der Waals surface area (Å²) >= 11 is 1.23. The molecule has 0 bridgehead atoms. The van der Waals surface area contributed by atoms with Crippen molar-refractivity contribution in [3.8, 4) is 10.8 Å². The second kappa shape index (κ2) is 4.46. The third kappa shape index (κ3) is 2.03. The summed E-state index contributed by atoms with van der Waals surface area (Å²) in [6.07, 6.45) is 2.99. The lowest BCUT2D eigenvalue weighted by Crippen LogP contribution is -2.10. The Morgan fingerprint density at radius 2 is 2.00 bits per heavy atom. The van der Waals surface area contributed by atoms with Gasteiger partial charge in [0.25, 0.3) is 5.91 Å². The van der Waals surface area contributed by atoms with E-state index in [1.807, 2.05) is 0 Å². The zero-order valence-electron chi connectivity index (χ0n) is 8.99. The van der Waals surface area contributed by atoms with Gasteiger partial charge in [0.05, 0.1) is 12.5 Å². The van der Waals surface area contributed by atoms with Gasteiger partial charge in [-0.05, 0) is 24.3 Å². The number of furan rings is 2. The molecule has 3 aromatic rings. The lowest BCUT2D eigenvalue weighted by molar-refractivity contribution is 0.0996. The van der Waals surface area contributed by atoms with Gasteiger partial charge in [-0.15, -0.1) is 10.2 Å². The predicted molar refractivity (Wildman–Crippen MR) is 64.3 cm³/mol. The van der Waals surface area contributed by atoms with Crippen molar-refractivity contribution in [1.29, 1.82) is 0 Å². The smallest absolute Gasteiger partial charge is 0.293 e. The Kier molecular flexibility index (Phi) is 2.66. The fraction of sp³-hybridized carbons (Fsp3) is 0. The van der Waals surface area contributed by atoms with Gasteiger partial charge in [0.15, 0.2) is 16.5 Å². The van der Waals surface area contributed by atoms with Gasteiger partial charge in [0.2, 0.25) is 5.13 Å². The number of aromatic nitrogens is 2. The van der Waals surface area contributed by atoms with E-state index in [1.54, 1.807) is 30.5 Å². The molecule has 0 radical (unpaired) electrons. The first kappa shape index (κ1) is 10.7. The number of amides is 1. The largest absolute Gasteiger partial charge is 0.462 e. The molecule has 0 unspecified atom stereocenters. The van der Waals surface area contributed by atoms with Crippen molar-refractivity contribution in [2.45, 2.75) is 0 Å². The maximum atomic E-state index is 11.7. The van der Waals surface area contributed by atoms with Crippen molar-refractivity contribution in [3.05, 3.63) is 42.6 Å². The molecule has 0 fully saturated rings. The summed E-state index contributed by atoms with van der Waals surface area (Å²) in [7, 11) is 0. The molecular formula is C11H7N3O3S. The molecule has 0 aliphatic carbocycles. The number of anilines is 1. The minimum Gasteiger partial charge on any atom is -0.462 e. The first-order valence-corrected chi connectivity index (χ1v) is 5.87. The van der Waals surface area contributed by atoms with Gasteiger partial charge in [-0.25, -0.2) is 0 Å². The quantitative estimate of drug-likeness (QED) is 0.783. The van der Waals surface area contributed by atoms with E-state index in [4.69, 9.17) is 8.83 Å². The highest BCUT2D eigenvalue weighted by atomic mass is 32.1. The second-order valence-electron chi connectivity index (χ2n) is 3.32. The summed E-state index contributed by atoms with van der Waals surface area (Å²) in [5, 5.41) is 11.4. The average molecular weight is 261 g/mol. The number of hydrogen-bond donors (Lipinski definition) is 1. The maximum Gasteiger partial charge on any atom is 0.293 e. The molecule has 1 amide bonds. The predicted octanol–water partition coefficient (Wildman–Crippen LogP) is 2.64. The van der Waals surface area contributed by atoms with Crippen molar-refractivity contribution in [2.24, 2.45) is 0 Å². The van der Waals surface area contributed by atoms with E-state index in [0.29, 0.717) is 15.9 Å². The first-order chi connectivity index (χ1) is 8.83. The highest BCUT2D eigenvalue weighted by Crippen LogP contribution is 2.26. The van der Waals surface area contributed by atoms with Gasteiger partial charge < -0.3 is 8.83 Å². The molecule has 0 saturated heterocycles. The van der Waals surface area contributed by atoms with E-state index in [9.17, 15) is 4.79 Å². The van der Waals surface area contributed by atoms with Gasteiger partial charge in [-0.3, -0.25) is 10.1 Å². The molecule has 3 heterocycles. The molecule has 0 spiro atoms. The van der Waals surface area contributed by atoms with Crippen LogP contribution in [0.4, 0.5) is 5.13 Å². The Morgan fingerprint density at radius 3 is 2.72 bits per heavy atom. The summed E-state index contributed by atoms with van der Waals surface area (Å²) < 4.78 is 10.2. The Hall–Kier alpha value is -2.41. The van der Waals surface area contributed by atoms with Crippen molar-refractivity contribution in [2.75, 3.05) is 5.32 Å².